The maximum absolute atomic E-state index is 11.9. The Bertz CT molecular complexity index is 528. The number of aromatic amines is 1. The van der Waals surface area contributed by atoms with Crippen LogP contribution in [0.1, 0.15) is 51.8 Å². The molecule has 23 heavy (non-hydrogen) atoms. The van der Waals surface area contributed by atoms with Gasteiger partial charge in [0, 0.05) is 13.0 Å². The third-order valence-electron chi connectivity index (χ3n) is 4.00. The highest BCUT2D eigenvalue weighted by Gasteiger charge is 2.20. The molecule has 2 rings (SSSR count). The van der Waals surface area contributed by atoms with Crippen LogP contribution in [0.2, 0.25) is 0 Å². The van der Waals surface area contributed by atoms with E-state index in [-0.39, 0.29) is 5.91 Å². The minimum absolute atomic E-state index is 0.349. The second-order valence-corrected chi connectivity index (χ2v) is 7.17. The van der Waals surface area contributed by atoms with Crippen molar-refractivity contribution in [3.05, 3.63) is 5.82 Å². The van der Waals surface area contributed by atoms with E-state index in [2.05, 4.69) is 25.8 Å². The lowest BCUT2D eigenvalue weighted by Gasteiger charge is -2.09. The molecule has 3 amide bonds. The Morgan fingerprint density at radius 2 is 2.13 bits per heavy atom. The summed E-state index contributed by atoms with van der Waals surface area (Å²) in [5, 5.41) is 12.0. The van der Waals surface area contributed by atoms with Crippen molar-refractivity contribution in [2.24, 2.45) is 5.92 Å². The van der Waals surface area contributed by atoms with Crippen molar-refractivity contribution in [1.82, 2.24) is 25.8 Å². The Morgan fingerprint density at radius 3 is 2.83 bits per heavy atom. The fourth-order valence-electron chi connectivity index (χ4n) is 2.71. The third-order valence-corrected chi connectivity index (χ3v) is 4.96. The average molecular weight is 339 g/mol. The number of hydrogen-bond donors (Lipinski definition) is 3. The highest BCUT2D eigenvalue weighted by Crippen LogP contribution is 2.28. The third kappa shape index (κ3) is 5.85. The van der Waals surface area contributed by atoms with Crippen LogP contribution in [-0.4, -0.2) is 38.9 Å². The highest BCUT2D eigenvalue weighted by atomic mass is 32.2. The number of imide groups is 1. The lowest BCUT2D eigenvalue weighted by Crippen LogP contribution is -2.42. The number of hydrogen-bond acceptors (Lipinski definition) is 5. The van der Waals surface area contributed by atoms with E-state index in [0.717, 1.165) is 24.6 Å². The zero-order valence-corrected chi connectivity index (χ0v) is 14.5. The maximum Gasteiger partial charge on any atom is 0.321 e. The van der Waals surface area contributed by atoms with Crippen LogP contribution in [0.4, 0.5) is 4.79 Å². The lowest BCUT2D eigenvalue weighted by molar-refractivity contribution is -0.119. The van der Waals surface area contributed by atoms with Crippen molar-refractivity contribution < 1.29 is 9.59 Å². The summed E-state index contributed by atoms with van der Waals surface area (Å²) in [4.78, 5) is 27.6. The Labute approximate surface area is 140 Å². The molecular weight excluding hydrogens is 314 g/mol. The van der Waals surface area contributed by atoms with Crippen LogP contribution in [0, 0.1) is 5.92 Å². The number of thioether (sulfide) groups is 1. The molecular formula is C15H25N5O2S. The average Bonchev–Trinajstić information content (AvgIpc) is 3.16. The molecule has 0 aromatic carbocycles. The van der Waals surface area contributed by atoms with Crippen LogP contribution in [0.15, 0.2) is 5.16 Å². The van der Waals surface area contributed by atoms with Gasteiger partial charge in [-0.2, -0.15) is 0 Å². The van der Waals surface area contributed by atoms with Crippen LogP contribution < -0.4 is 10.6 Å². The molecule has 0 unspecified atom stereocenters. The van der Waals surface area contributed by atoms with Crippen molar-refractivity contribution >= 4 is 23.7 Å². The van der Waals surface area contributed by atoms with Gasteiger partial charge in [0.1, 0.15) is 5.82 Å². The van der Waals surface area contributed by atoms with E-state index in [9.17, 15) is 9.59 Å². The molecule has 1 fully saturated rings. The van der Waals surface area contributed by atoms with Gasteiger partial charge in [0.25, 0.3) is 0 Å². The van der Waals surface area contributed by atoms with Gasteiger partial charge in [0.15, 0.2) is 0 Å². The van der Waals surface area contributed by atoms with Gasteiger partial charge in [-0.15, -0.1) is 5.10 Å². The quantitative estimate of drug-likeness (QED) is 0.662. The molecule has 8 heteroatoms. The van der Waals surface area contributed by atoms with Crippen molar-refractivity contribution in [1.29, 1.82) is 0 Å². The SMILES string of the molecule is CCNC(=O)NC(=O)[C@H](C)Sc1n[nH]c(CCC2CCCC2)n1. The number of nitrogens with zero attached hydrogens (tertiary/aromatic N) is 2. The topological polar surface area (TPSA) is 99.8 Å². The normalized spacial score (nSPS) is 16.3. The predicted molar refractivity (Wildman–Crippen MR) is 89.2 cm³/mol. The van der Waals surface area contributed by atoms with Crippen LogP contribution in [0.5, 0.6) is 0 Å². The summed E-state index contributed by atoms with van der Waals surface area (Å²) in [7, 11) is 0. The molecule has 1 aliphatic carbocycles. The molecule has 1 aliphatic rings. The zero-order chi connectivity index (χ0) is 16.7. The molecule has 0 spiro atoms. The van der Waals surface area contributed by atoms with Crippen LogP contribution >= 0.6 is 11.8 Å². The summed E-state index contributed by atoms with van der Waals surface area (Å²) in [5.74, 6) is 1.34. The Kier molecular flexibility index (Phi) is 6.88. The summed E-state index contributed by atoms with van der Waals surface area (Å²) in [5.41, 5.74) is 0. The van der Waals surface area contributed by atoms with Crippen LogP contribution in [0.3, 0.4) is 0 Å². The summed E-state index contributed by atoms with van der Waals surface area (Å²) >= 11 is 1.25. The Balaban J connectivity index is 1.76. The molecule has 0 saturated heterocycles. The Hall–Kier alpha value is -1.57. The number of urea groups is 1. The van der Waals surface area contributed by atoms with E-state index in [0.29, 0.717) is 11.7 Å². The smallest absolute Gasteiger partial charge is 0.321 e. The summed E-state index contributed by atoms with van der Waals surface area (Å²) in [6.07, 6.45) is 7.39. The maximum atomic E-state index is 11.9. The number of carbonyl (C=O) groups excluding carboxylic acids is 2. The molecule has 0 bridgehead atoms. The van der Waals surface area contributed by atoms with E-state index in [1.165, 1.54) is 37.4 Å². The molecule has 7 nitrogen and oxygen atoms in total. The molecule has 1 heterocycles. The van der Waals surface area contributed by atoms with Crippen LogP contribution in [-0.2, 0) is 11.2 Å². The largest absolute Gasteiger partial charge is 0.338 e. The number of carbonyl (C=O) groups is 2. The number of aryl methyl sites for hydroxylation is 1. The highest BCUT2D eigenvalue weighted by molar-refractivity contribution is 8.00. The monoisotopic (exact) mass is 339 g/mol. The number of nitrogens with one attached hydrogen (secondary N) is 3. The molecule has 0 radical (unpaired) electrons. The van der Waals surface area contributed by atoms with Gasteiger partial charge in [0.2, 0.25) is 11.1 Å². The van der Waals surface area contributed by atoms with Gasteiger partial charge in [0.05, 0.1) is 5.25 Å². The number of rotatable bonds is 7. The van der Waals surface area contributed by atoms with Crippen molar-refractivity contribution in [2.45, 2.75) is 62.8 Å². The van der Waals surface area contributed by atoms with Gasteiger partial charge >= 0.3 is 6.03 Å². The fraction of sp³-hybridized carbons (Fsp3) is 0.733. The minimum atomic E-state index is -0.475. The molecule has 1 aromatic rings. The first-order valence-corrected chi connectivity index (χ1v) is 9.13. The van der Waals surface area contributed by atoms with E-state index in [4.69, 9.17) is 0 Å². The standard InChI is InChI=1S/C15H25N5O2S/c1-3-16-14(22)18-13(21)10(2)23-15-17-12(19-20-15)9-8-11-6-4-5-7-11/h10-11H,3-9H2,1-2H3,(H,17,19,20)(H2,16,18,21,22)/t10-/m0/s1. The second kappa shape index (κ2) is 8.90. The van der Waals surface area contributed by atoms with E-state index in [1.54, 1.807) is 13.8 Å². The second-order valence-electron chi connectivity index (χ2n) is 5.86. The molecule has 1 saturated carbocycles. The number of amides is 3. The van der Waals surface area contributed by atoms with Gasteiger partial charge in [-0.05, 0) is 26.2 Å². The van der Waals surface area contributed by atoms with Gasteiger partial charge in [-0.25, -0.2) is 9.78 Å². The lowest BCUT2D eigenvalue weighted by atomic mass is 10.0. The summed E-state index contributed by atoms with van der Waals surface area (Å²) in [6, 6.07) is -0.475. The Morgan fingerprint density at radius 1 is 1.39 bits per heavy atom. The van der Waals surface area contributed by atoms with Gasteiger partial charge in [-0.3, -0.25) is 15.2 Å². The van der Waals surface area contributed by atoms with Crippen LogP contribution in [0.25, 0.3) is 0 Å². The first kappa shape index (κ1) is 17.8. The van der Waals surface area contributed by atoms with E-state index in [1.807, 2.05) is 0 Å². The fourth-order valence-corrected chi connectivity index (χ4v) is 3.46. The number of aromatic nitrogens is 3. The summed E-state index contributed by atoms with van der Waals surface area (Å²) < 4.78 is 0. The van der Waals surface area contributed by atoms with E-state index >= 15 is 0 Å². The van der Waals surface area contributed by atoms with Gasteiger partial charge in [-0.1, -0.05) is 37.4 Å². The summed E-state index contributed by atoms with van der Waals surface area (Å²) in [6.45, 7) is 4.00. The van der Waals surface area contributed by atoms with E-state index < -0.39 is 11.3 Å². The molecule has 1 atom stereocenters. The molecule has 1 aromatic heterocycles. The molecule has 3 N–H and O–H groups in total. The van der Waals surface area contributed by atoms with Gasteiger partial charge < -0.3 is 5.32 Å². The zero-order valence-electron chi connectivity index (χ0n) is 13.7. The molecule has 128 valence electrons. The molecule has 0 aliphatic heterocycles. The predicted octanol–water partition coefficient (Wildman–Crippen LogP) is 2.25. The van der Waals surface area contributed by atoms with Crippen molar-refractivity contribution in [3.63, 3.8) is 0 Å². The van der Waals surface area contributed by atoms with Crippen molar-refractivity contribution in [3.8, 4) is 0 Å². The first-order valence-electron chi connectivity index (χ1n) is 8.25. The minimum Gasteiger partial charge on any atom is -0.338 e. The first-order chi connectivity index (χ1) is 11.1. The van der Waals surface area contributed by atoms with Crippen molar-refractivity contribution in [2.75, 3.05) is 6.54 Å². The number of H-pyrrole nitrogens is 1.